The summed E-state index contributed by atoms with van der Waals surface area (Å²) < 4.78 is 5.43. The van der Waals surface area contributed by atoms with Gasteiger partial charge in [0.05, 0.1) is 5.92 Å². The van der Waals surface area contributed by atoms with Crippen LogP contribution in [0, 0.1) is 6.92 Å². The molecule has 0 aliphatic carbocycles. The van der Waals surface area contributed by atoms with Crippen LogP contribution in [0.1, 0.15) is 23.8 Å². The summed E-state index contributed by atoms with van der Waals surface area (Å²) in [7, 11) is 0. The topological polar surface area (TPSA) is 51.0 Å². The van der Waals surface area contributed by atoms with Crippen LogP contribution in [0.25, 0.3) is 22.2 Å². The molecule has 1 atom stereocenters. The van der Waals surface area contributed by atoms with Gasteiger partial charge < -0.3 is 9.84 Å². The van der Waals surface area contributed by atoms with E-state index in [2.05, 4.69) is 58.8 Å². The number of nitrogens with one attached hydrogen (secondary N) is 1. The van der Waals surface area contributed by atoms with E-state index in [9.17, 15) is 0 Å². The normalized spacial score (nSPS) is 18.4. The van der Waals surface area contributed by atoms with E-state index < -0.39 is 0 Å². The van der Waals surface area contributed by atoms with Crippen molar-refractivity contribution in [3.05, 3.63) is 47.9 Å². The van der Waals surface area contributed by atoms with E-state index in [-0.39, 0.29) is 0 Å². The third-order valence-electron chi connectivity index (χ3n) is 4.11. The Labute approximate surface area is 123 Å². The van der Waals surface area contributed by atoms with Gasteiger partial charge in [-0.1, -0.05) is 41.1 Å². The molecule has 0 saturated carbocycles. The summed E-state index contributed by atoms with van der Waals surface area (Å²) in [5, 5.41) is 9.90. The van der Waals surface area contributed by atoms with E-state index in [0.29, 0.717) is 11.7 Å². The van der Waals surface area contributed by atoms with Crippen LogP contribution in [-0.4, -0.2) is 23.2 Å². The zero-order valence-corrected chi connectivity index (χ0v) is 12.0. The summed E-state index contributed by atoms with van der Waals surface area (Å²) in [5.74, 6) is 1.78. The molecule has 0 radical (unpaired) electrons. The van der Waals surface area contributed by atoms with Gasteiger partial charge in [0.15, 0.2) is 0 Å². The lowest BCUT2D eigenvalue weighted by Gasteiger charge is -2.01. The molecular weight excluding hydrogens is 262 g/mol. The highest BCUT2D eigenvalue weighted by Crippen LogP contribution is 2.26. The number of hydrogen-bond donors (Lipinski definition) is 1. The summed E-state index contributed by atoms with van der Waals surface area (Å²) in [4.78, 5) is 4.57. The fourth-order valence-corrected chi connectivity index (χ4v) is 2.89. The second-order valence-corrected chi connectivity index (χ2v) is 5.71. The maximum Gasteiger partial charge on any atom is 0.231 e. The van der Waals surface area contributed by atoms with Crippen molar-refractivity contribution < 1.29 is 4.52 Å². The molecule has 1 aromatic heterocycles. The minimum Gasteiger partial charge on any atom is -0.339 e. The SMILES string of the molecule is Cc1ccc2cc(-c3noc([C@@H]4CCNC4)n3)ccc2c1. The maximum absolute atomic E-state index is 5.43. The second kappa shape index (κ2) is 4.97. The molecule has 1 N–H and O–H groups in total. The number of fused-ring (bicyclic) bond motifs is 1. The Balaban J connectivity index is 1.71. The fourth-order valence-electron chi connectivity index (χ4n) is 2.89. The fraction of sp³-hybridized carbons (Fsp3) is 0.294. The molecule has 0 amide bonds. The van der Waals surface area contributed by atoms with Crippen LogP contribution in [0.3, 0.4) is 0 Å². The lowest BCUT2D eigenvalue weighted by Crippen LogP contribution is -2.08. The average molecular weight is 279 g/mol. The number of aryl methyl sites for hydroxylation is 1. The molecule has 3 aromatic rings. The van der Waals surface area contributed by atoms with Crippen molar-refractivity contribution in [2.75, 3.05) is 13.1 Å². The Morgan fingerprint density at radius 2 is 2.00 bits per heavy atom. The van der Waals surface area contributed by atoms with E-state index >= 15 is 0 Å². The van der Waals surface area contributed by atoms with Gasteiger partial charge >= 0.3 is 0 Å². The monoisotopic (exact) mass is 279 g/mol. The molecule has 4 nitrogen and oxygen atoms in total. The van der Waals surface area contributed by atoms with Crippen LogP contribution in [0.5, 0.6) is 0 Å². The highest BCUT2D eigenvalue weighted by Gasteiger charge is 2.23. The van der Waals surface area contributed by atoms with Crippen molar-refractivity contribution >= 4 is 10.8 Å². The van der Waals surface area contributed by atoms with Gasteiger partial charge in [0, 0.05) is 12.1 Å². The first-order chi connectivity index (χ1) is 10.3. The lowest BCUT2D eigenvalue weighted by molar-refractivity contribution is 0.359. The number of hydrogen-bond acceptors (Lipinski definition) is 4. The van der Waals surface area contributed by atoms with Crippen LogP contribution in [0.15, 0.2) is 40.9 Å². The van der Waals surface area contributed by atoms with Gasteiger partial charge in [-0.05, 0) is 36.7 Å². The van der Waals surface area contributed by atoms with Crippen molar-refractivity contribution in [3.63, 3.8) is 0 Å². The standard InChI is InChI=1S/C17H17N3O/c1-11-2-3-13-9-14(5-4-12(13)8-11)16-19-17(21-20-16)15-6-7-18-10-15/h2-5,8-9,15,18H,6-7,10H2,1H3/t15-/m1/s1. The van der Waals surface area contributed by atoms with Crippen molar-refractivity contribution in [2.24, 2.45) is 0 Å². The first kappa shape index (κ1) is 12.5. The second-order valence-electron chi connectivity index (χ2n) is 5.71. The third kappa shape index (κ3) is 2.32. The summed E-state index contributed by atoms with van der Waals surface area (Å²) in [6, 6.07) is 12.7. The van der Waals surface area contributed by atoms with Crippen LogP contribution >= 0.6 is 0 Å². The van der Waals surface area contributed by atoms with Crippen molar-refractivity contribution in [3.8, 4) is 11.4 Å². The molecular formula is C17H17N3O. The minimum absolute atomic E-state index is 0.356. The Bertz CT molecular complexity index is 788. The van der Waals surface area contributed by atoms with Crippen LogP contribution in [0.2, 0.25) is 0 Å². The van der Waals surface area contributed by atoms with Crippen LogP contribution < -0.4 is 5.32 Å². The maximum atomic E-state index is 5.43. The first-order valence-electron chi connectivity index (χ1n) is 7.35. The number of aromatic nitrogens is 2. The average Bonchev–Trinajstić information content (AvgIpc) is 3.17. The first-order valence-corrected chi connectivity index (χ1v) is 7.35. The van der Waals surface area contributed by atoms with Gasteiger partial charge in [0.25, 0.3) is 0 Å². The van der Waals surface area contributed by atoms with Gasteiger partial charge in [-0.25, -0.2) is 0 Å². The van der Waals surface area contributed by atoms with E-state index in [1.54, 1.807) is 0 Å². The minimum atomic E-state index is 0.356. The zero-order chi connectivity index (χ0) is 14.2. The van der Waals surface area contributed by atoms with E-state index in [1.807, 2.05) is 0 Å². The molecule has 0 bridgehead atoms. The Morgan fingerprint density at radius 1 is 1.14 bits per heavy atom. The van der Waals surface area contributed by atoms with E-state index in [4.69, 9.17) is 4.52 Å². The summed E-state index contributed by atoms with van der Waals surface area (Å²) >= 11 is 0. The molecule has 1 aliphatic rings. The van der Waals surface area contributed by atoms with Gasteiger partial charge in [0.2, 0.25) is 11.7 Å². The summed E-state index contributed by atoms with van der Waals surface area (Å²) in [6.45, 7) is 4.06. The van der Waals surface area contributed by atoms with Crippen molar-refractivity contribution in [1.29, 1.82) is 0 Å². The predicted molar refractivity (Wildman–Crippen MR) is 82.2 cm³/mol. The molecule has 1 fully saturated rings. The number of benzene rings is 2. The Morgan fingerprint density at radius 3 is 2.86 bits per heavy atom. The van der Waals surface area contributed by atoms with E-state index in [0.717, 1.165) is 31.0 Å². The van der Waals surface area contributed by atoms with Crippen LogP contribution in [0.4, 0.5) is 0 Å². The number of nitrogens with zero attached hydrogens (tertiary/aromatic N) is 2. The van der Waals surface area contributed by atoms with Gasteiger partial charge in [0.1, 0.15) is 0 Å². The molecule has 2 heterocycles. The molecule has 21 heavy (non-hydrogen) atoms. The zero-order valence-electron chi connectivity index (χ0n) is 12.0. The molecule has 1 aliphatic heterocycles. The quantitative estimate of drug-likeness (QED) is 0.782. The third-order valence-corrected chi connectivity index (χ3v) is 4.11. The van der Waals surface area contributed by atoms with Gasteiger partial charge in [-0.2, -0.15) is 4.98 Å². The molecule has 1 saturated heterocycles. The molecule has 106 valence electrons. The Hall–Kier alpha value is -2.20. The summed E-state index contributed by atoms with van der Waals surface area (Å²) in [6.07, 6.45) is 1.07. The highest BCUT2D eigenvalue weighted by molar-refractivity contribution is 5.86. The highest BCUT2D eigenvalue weighted by atomic mass is 16.5. The van der Waals surface area contributed by atoms with Crippen molar-refractivity contribution in [1.82, 2.24) is 15.5 Å². The molecule has 4 rings (SSSR count). The van der Waals surface area contributed by atoms with Gasteiger partial charge in [-0.3, -0.25) is 0 Å². The number of rotatable bonds is 2. The summed E-state index contributed by atoms with van der Waals surface area (Å²) in [5.41, 5.74) is 2.28. The van der Waals surface area contributed by atoms with Gasteiger partial charge in [-0.15, -0.1) is 0 Å². The smallest absolute Gasteiger partial charge is 0.231 e. The predicted octanol–water partition coefficient (Wildman–Crippen LogP) is 3.28. The molecule has 0 unspecified atom stereocenters. The molecule has 0 spiro atoms. The van der Waals surface area contributed by atoms with Crippen molar-refractivity contribution in [2.45, 2.75) is 19.3 Å². The lowest BCUT2D eigenvalue weighted by atomic mass is 10.0. The largest absolute Gasteiger partial charge is 0.339 e. The Kier molecular flexibility index (Phi) is 2.97. The van der Waals surface area contributed by atoms with Crippen LogP contribution in [-0.2, 0) is 0 Å². The molecule has 4 heteroatoms. The van der Waals surface area contributed by atoms with E-state index in [1.165, 1.54) is 16.3 Å². The molecule has 2 aromatic carbocycles.